The fourth-order valence-electron chi connectivity index (χ4n) is 2.37. The standard InChI is InChI=1S/C17H16N2S/c20-17(15-10-5-2-6-11-15)19-13-7-12-18-16(19)14-8-3-1-4-9-14/h1-6,8-11H,7,12-13H2. The third-order valence-electron chi connectivity index (χ3n) is 3.35. The molecule has 2 nitrogen and oxygen atoms in total. The molecule has 0 bridgehead atoms. The molecular formula is C17H16N2S. The van der Waals surface area contributed by atoms with Crippen LogP contribution >= 0.6 is 12.2 Å². The summed E-state index contributed by atoms with van der Waals surface area (Å²) in [6, 6.07) is 20.4. The van der Waals surface area contributed by atoms with Gasteiger partial charge in [-0.25, -0.2) is 0 Å². The number of hydrogen-bond donors (Lipinski definition) is 0. The van der Waals surface area contributed by atoms with Crippen molar-refractivity contribution in [2.75, 3.05) is 13.1 Å². The quantitative estimate of drug-likeness (QED) is 0.782. The van der Waals surface area contributed by atoms with E-state index >= 15 is 0 Å². The van der Waals surface area contributed by atoms with E-state index in [-0.39, 0.29) is 0 Å². The molecule has 1 heterocycles. The van der Waals surface area contributed by atoms with Crippen molar-refractivity contribution in [3.63, 3.8) is 0 Å². The molecule has 0 amide bonds. The Kier molecular flexibility index (Phi) is 3.88. The number of thiocarbonyl (C=S) groups is 1. The van der Waals surface area contributed by atoms with Crippen molar-refractivity contribution in [3.05, 3.63) is 71.8 Å². The monoisotopic (exact) mass is 280 g/mol. The smallest absolute Gasteiger partial charge is 0.136 e. The van der Waals surface area contributed by atoms with Gasteiger partial charge in [0, 0.05) is 24.2 Å². The second kappa shape index (κ2) is 5.97. The highest BCUT2D eigenvalue weighted by Gasteiger charge is 2.21. The van der Waals surface area contributed by atoms with Crippen molar-refractivity contribution in [1.82, 2.24) is 4.90 Å². The van der Waals surface area contributed by atoms with Gasteiger partial charge >= 0.3 is 0 Å². The van der Waals surface area contributed by atoms with E-state index < -0.39 is 0 Å². The zero-order valence-corrected chi connectivity index (χ0v) is 12.0. The summed E-state index contributed by atoms with van der Waals surface area (Å²) < 4.78 is 0. The second-order valence-electron chi connectivity index (χ2n) is 4.75. The predicted molar refractivity (Wildman–Crippen MR) is 87.3 cm³/mol. The van der Waals surface area contributed by atoms with Gasteiger partial charge in [-0.3, -0.25) is 4.99 Å². The first-order valence-electron chi connectivity index (χ1n) is 6.83. The molecule has 3 heteroatoms. The Bertz CT molecular complexity index is 620. The maximum Gasteiger partial charge on any atom is 0.136 e. The molecule has 100 valence electrons. The fourth-order valence-corrected chi connectivity index (χ4v) is 2.69. The van der Waals surface area contributed by atoms with Crippen molar-refractivity contribution >= 4 is 23.0 Å². The van der Waals surface area contributed by atoms with E-state index in [9.17, 15) is 0 Å². The van der Waals surface area contributed by atoms with Crippen molar-refractivity contribution in [2.24, 2.45) is 4.99 Å². The first-order chi connectivity index (χ1) is 9.86. The molecule has 20 heavy (non-hydrogen) atoms. The predicted octanol–water partition coefficient (Wildman–Crippen LogP) is 3.51. The Balaban J connectivity index is 1.94. The molecule has 0 atom stereocenters. The molecule has 0 aromatic heterocycles. The first kappa shape index (κ1) is 13.0. The molecule has 0 saturated heterocycles. The number of hydrogen-bond acceptors (Lipinski definition) is 2. The lowest BCUT2D eigenvalue weighted by Crippen LogP contribution is -2.40. The van der Waals surface area contributed by atoms with E-state index in [1.807, 2.05) is 36.4 Å². The number of benzene rings is 2. The minimum absolute atomic E-state index is 0.855. The second-order valence-corrected chi connectivity index (χ2v) is 5.13. The highest BCUT2D eigenvalue weighted by atomic mass is 32.1. The largest absolute Gasteiger partial charge is 0.317 e. The third kappa shape index (κ3) is 2.63. The molecule has 2 aromatic rings. The van der Waals surface area contributed by atoms with Crippen molar-refractivity contribution in [2.45, 2.75) is 6.42 Å². The maximum atomic E-state index is 5.66. The summed E-state index contributed by atoms with van der Waals surface area (Å²) in [6.07, 6.45) is 1.04. The summed E-state index contributed by atoms with van der Waals surface area (Å²) in [5.41, 5.74) is 2.21. The average Bonchev–Trinajstić information content (AvgIpc) is 2.56. The van der Waals surface area contributed by atoms with E-state index in [2.05, 4.69) is 34.2 Å². The van der Waals surface area contributed by atoms with Crippen LogP contribution in [-0.4, -0.2) is 28.8 Å². The molecule has 0 radical (unpaired) electrons. The Labute approximate surface area is 124 Å². The summed E-state index contributed by atoms with van der Waals surface area (Å²) in [7, 11) is 0. The normalized spacial score (nSPS) is 14.8. The lowest BCUT2D eigenvalue weighted by molar-refractivity contribution is 0.557. The van der Waals surface area contributed by atoms with Gasteiger partial charge in [0.25, 0.3) is 0 Å². The Morgan fingerprint density at radius 2 is 1.60 bits per heavy atom. The van der Waals surface area contributed by atoms with Crippen LogP contribution in [0.5, 0.6) is 0 Å². The van der Waals surface area contributed by atoms with Gasteiger partial charge in [0.1, 0.15) is 10.8 Å². The number of rotatable bonds is 2. The van der Waals surface area contributed by atoms with E-state index in [1.54, 1.807) is 0 Å². The van der Waals surface area contributed by atoms with E-state index in [0.717, 1.165) is 41.5 Å². The average molecular weight is 280 g/mol. The Morgan fingerprint density at radius 1 is 0.950 bits per heavy atom. The minimum atomic E-state index is 0.855. The molecule has 3 rings (SSSR count). The van der Waals surface area contributed by atoms with Crippen LogP contribution in [0.2, 0.25) is 0 Å². The molecule has 0 fully saturated rings. The van der Waals surface area contributed by atoms with Crippen LogP contribution in [0.3, 0.4) is 0 Å². The van der Waals surface area contributed by atoms with Crippen LogP contribution in [0, 0.1) is 0 Å². The van der Waals surface area contributed by atoms with Gasteiger partial charge in [0.15, 0.2) is 0 Å². The minimum Gasteiger partial charge on any atom is -0.317 e. The summed E-state index contributed by atoms with van der Waals surface area (Å²) in [4.78, 5) is 7.69. The molecule has 0 unspecified atom stereocenters. The Hall–Kier alpha value is -2.00. The molecule has 1 aliphatic heterocycles. The SMILES string of the molecule is S=C(c1ccccc1)N1CCCN=C1c1ccccc1. The van der Waals surface area contributed by atoms with Gasteiger partial charge < -0.3 is 4.90 Å². The molecule has 0 aliphatic carbocycles. The topological polar surface area (TPSA) is 15.6 Å². The van der Waals surface area contributed by atoms with Crippen LogP contribution in [0.15, 0.2) is 65.7 Å². The maximum absolute atomic E-state index is 5.66. The molecule has 0 spiro atoms. The van der Waals surface area contributed by atoms with Crippen molar-refractivity contribution in [3.8, 4) is 0 Å². The van der Waals surface area contributed by atoms with Crippen LogP contribution in [0.25, 0.3) is 0 Å². The zero-order valence-electron chi connectivity index (χ0n) is 11.2. The molecule has 2 aromatic carbocycles. The van der Waals surface area contributed by atoms with Gasteiger partial charge in [-0.2, -0.15) is 0 Å². The lowest BCUT2D eigenvalue weighted by atomic mass is 10.1. The first-order valence-corrected chi connectivity index (χ1v) is 7.24. The summed E-state index contributed by atoms with van der Waals surface area (Å²) in [6.45, 7) is 1.81. The summed E-state index contributed by atoms with van der Waals surface area (Å²) in [5.74, 6) is 0.991. The highest BCUT2D eigenvalue weighted by Crippen LogP contribution is 2.16. The molecular weight excluding hydrogens is 264 g/mol. The number of amidine groups is 1. The van der Waals surface area contributed by atoms with Crippen LogP contribution in [0.4, 0.5) is 0 Å². The van der Waals surface area contributed by atoms with Crippen molar-refractivity contribution < 1.29 is 0 Å². The van der Waals surface area contributed by atoms with Crippen molar-refractivity contribution in [1.29, 1.82) is 0 Å². The van der Waals surface area contributed by atoms with Crippen LogP contribution < -0.4 is 0 Å². The summed E-state index contributed by atoms with van der Waals surface area (Å²) >= 11 is 5.66. The van der Waals surface area contributed by atoms with Gasteiger partial charge in [0.05, 0.1) is 0 Å². The Morgan fingerprint density at radius 3 is 2.30 bits per heavy atom. The molecule has 1 aliphatic rings. The van der Waals surface area contributed by atoms with Gasteiger partial charge in [-0.1, -0.05) is 72.9 Å². The van der Waals surface area contributed by atoms with Gasteiger partial charge in [-0.05, 0) is 6.42 Å². The summed E-state index contributed by atoms with van der Waals surface area (Å²) in [5, 5.41) is 0. The molecule has 0 N–H and O–H groups in total. The van der Waals surface area contributed by atoms with E-state index in [4.69, 9.17) is 12.2 Å². The number of aliphatic imine (C=N–C) groups is 1. The van der Waals surface area contributed by atoms with Crippen LogP contribution in [0.1, 0.15) is 17.5 Å². The van der Waals surface area contributed by atoms with Gasteiger partial charge in [0.2, 0.25) is 0 Å². The van der Waals surface area contributed by atoms with Gasteiger partial charge in [-0.15, -0.1) is 0 Å². The lowest BCUT2D eigenvalue weighted by Gasteiger charge is -2.30. The molecule has 0 saturated carbocycles. The van der Waals surface area contributed by atoms with E-state index in [1.165, 1.54) is 0 Å². The fraction of sp³-hybridized carbons (Fsp3) is 0.176. The van der Waals surface area contributed by atoms with Crippen LogP contribution in [-0.2, 0) is 0 Å². The third-order valence-corrected chi connectivity index (χ3v) is 3.81. The highest BCUT2D eigenvalue weighted by molar-refractivity contribution is 7.80. The number of nitrogens with zero attached hydrogens (tertiary/aromatic N) is 2. The zero-order chi connectivity index (χ0) is 13.8. The van der Waals surface area contributed by atoms with E-state index in [0.29, 0.717) is 0 Å².